The molecule has 4 aliphatic rings. The zero-order valence-electron chi connectivity index (χ0n) is 33.0. The van der Waals surface area contributed by atoms with Crippen LogP contribution in [0.2, 0.25) is 0 Å². The van der Waals surface area contributed by atoms with Crippen molar-refractivity contribution in [1.29, 1.82) is 0 Å². The molecule has 3 unspecified atom stereocenters. The highest BCUT2D eigenvalue weighted by Gasteiger charge is 2.57. The van der Waals surface area contributed by atoms with Gasteiger partial charge in [-0.3, -0.25) is 4.79 Å². The fraction of sp³-hybridized carbons (Fsp3) is 0.762. The third-order valence-electron chi connectivity index (χ3n) is 11.0. The van der Waals surface area contributed by atoms with Gasteiger partial charge in [-0.05, 0) is 56.6 Å². The first-order valence-corrected chi connectivity index (χ1v) is 20.1. The van der Waals surface area contributed by atoms with Crippen molar-refractivity contribution in [2.45, 2.75) is 184 Å². The first-order chi connectivity index (χ1) is 25.8. The van der Waals surface area contributed by atoms with Crippen LogP contribution < -0.4 is 0 Å². The van der Waals surface area contributed by atoms with E-state index >= 15 is 0 Å². The van der Waals surface area contributed by atoms with Gasteiger partial charge < -0.3 is 48.5 Å². The molecule has 12 heteroatoms. The molecule has 0 amide bonds. The summed E-state index contributed by atoms with van der Waals surface area (Å²) in [5.41, 5.74) is -0.970. The Morgan fingerprint density at radius 1 is 0.963 bits per heavy atom. The zero-order valence-corrected chi connectivity index (χ0v) is 33.0. The predicted molar refractivity (Wildman–Crippen MR) is 202 cm³/mol. The molecule has 0 saturated carbocycles. The highest BCUT2D eigenvalue weighted by atomic mass is 16.7. The summed E-state index contributed by atoms with van der Waals surface area (Å²) in [6, 6.07) is 0. The third-order valence-corrected chi connectivity index (χ3v) is 11.0. The lowest BCUT2D eigenvalue weighted by Gasteiger charge is -2.51. The molecule has 3 N–H and O–H groups in total. The quantitative estimate of drug-likeness (QED) is 0.0941. The number of hydrogen-bond donors (Lipinski definition) is 3. The highest BCUT2D eigenvalue weighted by Crippen LogP contribution is 2.47. The number of aliphatic hydroxyl groups excluding tert-OH is 2. The number of carbonyl (C=O) groups is 2. The van der Waals surface area contributed by atoms with Crippen molar-refractivity contribution in [2.75, 3.05) is 13.7 Å². The molecule has 10 atom stereocenters. The molecule has 4 rings (SSSR count). The van der Waals surface area contributed by atoms with Gasteiger partial charge in [0, 0.05) is 43.6 Å². The van der Waals surface area contributed by atoms with E-state index in [1.165, 1.54) is 13.2 Å². The van der Waals surface area contributed by atoms with Gasteiger partial charge in [0.2, 0.25) is 5.79 Å². The maximum absolute atomic E-state index is 13.4. The summed E-state index contributed by atoms with van der Waals surface area (Å²) >= 11 is 0. The number of unbranched alkanes of at least 4 members (excludes halogenated alkanes) is 4. The molecule has 4 heterocycles. The minimum Gasteiger partial charge on any atom is -0.493 e. The van der Waals surface area contributed by atoms with Crippen molar-refractivity contribution >= 4 is 11.9 Å². The SMILES string of the molecule is C=CC[C@H]1CC2CC3CCC[C@@H](C[C@@H](O)CC(=C)OC(CO)C[C@@H]4C/C(=C\C(=O)OC)[C@H](OC(=O)CCCCCCC)[C@@](O)(O4)C(C)(C)/C=C/[C@H](O2)O1)O3. The van der Waals surface area contributed by atoms with Crippen LogP contribution in [0.25, 0.3) is 0 Å². The van der Waals surface area contributed by atoms with Gasteiger partial charge >= 0.3 is 11.9 Å². The lowest BCUT2D eigenvalue weighted by Crippen LogP contribution is -2.62. The Kier molecular flexibility index (Phi) is 17.2. The largest absolute Gasteiger partial charge is 0.493 e. The zero-order chi connectivity index (χ0) is 39.3. The average molecular weight is 763 g/mol. The van der Waals surface area contributed by atoms with E-state index in [0.717, 1.165) is 44.9 Å². The van der Waals surface area contributed by atoms with Crippen molar-refractivity contribution in [3.63, 3.8) is 0 Å². The van der Waals surface area contributed by atoms with Crippen molar-refractivity contribution < 1.29 is 58.1 Å². The van der Waals surface area contributed by atoms with Crippen molar-refractivity contribution in [1.82, 2.24) is 0 Å². The molecule has 0 aromatic heterocycles. The van der Waals surface area contributed by atoms with E-state index in [1.54, 1.807) is 26.0 Å². The fourth-order valence-electron chi connectivity index (χ4n) is 8.01. The summed E-state index contributed by atoms with van der Waals surface area (Å²) in [6.45, 7) is 13.2. The van der Waals surface area contributed by atoms with E-state index in [1.807, 2.05) is 6.08 Å². The van der Waals surface area contributed by atoms with Crippen LogP contribution in [0, 0.1) is 5.41 Å². The fourth-order valence-corrected chi connectivity index (χ4v) is 8.01. The first kappa shape index (κ1) is 44.1. The summed E-state index contributed by atoms with van der Waals surface area (Å²) < 4.78 is 42.9. The molecular formula is C42H66O12. The second-order valence-corrected chi connectivity index (χ2v) is 16.0. The van der Waals surface area contributed by atoms with E-state index in [2.05, 4.69) is 20.1 Å². The summed E-state index contributed by atoms with van der Waals surface area (Å²) in [6.07, 6.45) is 11.6. The van der Waals surface area contributed by atoms with Crippen LogP contribution >= 0.6 is 0 Å². The standard InChI is InChI=1S/C42H66O12/c1-7-9-10-11-12-17-37(45)53-40-29(22-38(46)48-6)21-35-26-36(27-43)49-28(3)20-30(44)23-32-15-13-16-33(50-32)25-34-24-31(14-8-2)51-39(52-34)18-19-41(4,5)42(40,47)54-35/h8,18-19,22,30-36,39-40,43-44,47H,2-3,7,9-17,20-21,23-27H2,1,4-6H3/b19-18+,29-22+/t30-,31-,32-,33?,34?,35-,36?,39-,40-,42+/m0/s1. The minimum absolute atomic E-state index is 0.0521. The van der Waals surface area contributed by atoms with Crippen LogP contribution in [0.1, 0.15) is 124 Å². The van der Waals surface area contributed by atoms with Gasteiger partial charge in [0.15, 0.2) is 12.4 Å². The van der Waals surface area contributed by atoms with Gasteiger partial charge in [0.05, 0.1) is 56.1 Å². The van der Waals surface area contributed by atoms with Crippen molar-refractivity contribution in [2.24, 2.45) is 5.41 Å². The number of hydrogen-bond acceptors (Lipinski definition) is 12. The van der Waals surface area contributed by atoms with E-state index in [4.69, 9.17) is 33.2 Å². The average Bonchev–Trinajstić information content (AvgIpc) is 3.11. The smallest absolute Gasteiger partial charge is 0.330 e. The Labute approximate surface area is 321 Å². The first-order valence-electron chi connectivity index (χ1n) is 20.1. The van der Waals surface area contributed by atoms with Gasteiger partial charge in [0.1, 0.15) is 6.10 Å². The Morgan fingerprint density at radius 3 is 2.39 bits per heavy atom. The molecule has 54 heavy (non-hydrogen) atoms. The monoisotopic (exact) mass is 762 g/mol. The Balaban J connectivity index is 1.72. The number of ether oxygens (including phenoxy) is 7. The highest BCUT2D eigenvalue weighted by molar-refractivity contribution is 5.83. The molecular weight excluding hydrogens is 696 g/mol. The molecule has 0 aliphatic carbocycles. The molecule has 6 bridgehead atoms. The molecule has 0 aromatic rings. The van der Waals surface area contributed by atoms with Gasteiger partial charge in [0.25, 0.3) is 0 Å². The lowest BCUT2D eigenvalue weighted by atomic mass is 9.74. The topological polar surface area (TPSA) is 159 Å². The number of fused-ring (bicyclic) bond motifs is 6. The second-order valence-electron chi connectivity index (χ2n) is 16.0. The maximum atomic E-state index is 13.4. The summed E-state index contributed by atoms with van der Waals surface area (Å²) in [4.78, 5) is 26.1. The molecule has 306 valence electrons. The van der Waals surface area contributed by atoms with Gasteiger partial charge in [-0.15, -0.1) is 6.58 Å². The van der Waals surface area contributed by atoms with Crippen molar-refractivity contribution in [3.8, 4) is 0 Å². The van der Waals surface area contributed by atoms with E-state index in [9.17, 15) is 24.9 Å². The van der Waals surface area contributed by atoms with Crippen molar-refractivity contribution in [3.05, 3.63) is 48.8 Å². The number of carbonyl (C=O) groups excluding carboxylic acids is 2. The minimum atomic E-state index is -2.21. The van der Waals surface area contributed by atoms with Crippen LogP contribution in [0.15, 0.2) is 48.8 Å². The van der Waals surface area contributed by atoms with Gasteiger partial charge in [-0.25, -0.2) is 4.79 Å². The second kappa shape index (κ2) is 21.1. The Morgan fingerprint density at radius 2 is 1.69 bits per heavy atom. The number of aliphatic hydroxyl groups is 3. The van der Waals surface area contributed by atoms with E-state index in [-0.39, 0.29) is 50.1 Å². The van der Waals surface area contributed by atoms with Gasteiger partial charge in [-0.2, -0.15) is 0 Å². The van der Waals surface area contributed by atoms with Crippen LogP contribution in [0.3, 0.4) is 0 Å². The van der Waals surface area contributed by atoms with E-state index in [0.29, 0.717) is 43.4 Å². The molecule has 0 aromatic carbocycles. The predicted octanol–water partition coefficient (Wildman–Crippen LogP) is 6.26. The van der Waals surface area contributed by atoms with Crippen LogP contribution in [-0.2, 0) is 42.7 Å². The summed E-state index contributed by atoms with van der Waals surface area (Å²) in [5.74, 6) is -3.12. The van der Waals surface area contributed by atoms with Gasteiger partial charge in [-0.1, -0.05) is 65.2 Å². The molecule has 12 nitrogen and oxygen atoms in total. The Bertz CT molecular complexity index is 1290. The molecule has 4 aliphatic heterocycles. The van der Waals surface area contributed by atoms with Crippen LogP contribution in [0.5, 0.6) is 0 Å². The Hall–Kier alpha value is -2.58. The third kappa shape index (κ3) is 12.7. The summed E-state index contributed by atoms with van der Waals surface area (Å²) in [5, 5.41) is 34.2. The van der Waals surface area contributed by atoms with E-state index < -0.39 is 60.5 Å². The molecule has 0 radical (unpaired) electrons. The number of rotatable bonds is 11. The molecule has 3 fully saturated rings. The normalized spacial score (nSPS) is 36.3. The summed E-state index contributed by atoms with van der Waals surface area (Å²) in [7, 11) is 1.25. The number of esters is 2. The van der Waals surface area contributed by atoms with Crippen LogP contribution in [0.4, 0.5) is 0 Å². The lowest BCUT2D eigenvalue weighted by molar-refractivity contribution is -0.327. The molecule has 0 spiro atoms. The van der Waals surface area contributed by atoms with Crippen LogP contribution in [-0.4, -0.2) is 102 Å². The maximum Gasteiger partial charge on any atom is 0.330 e. The number of methoxy groups -OCH3 is 1. The molecule has 3 saturated heterocycles.